The number of rotatable bonds is 10. The number of furan rings is 1. The van der Waals surface area contributed by atoms with Crippen molar-refractivity contribution in [1.29, 1.82) is 0 Å². The molecule has 0 aliphatic heterocycles. The number of carbonyl (C=O) groups is 2. The zero-order chi connectivity index (χ0) is 26.2. The maximum Gasteiger partial charge on any atom is 0.290 e. The van der Waals surface area contributed by atoms with Crippen LogP contribution in [-0.2, 0) is 11.2 Å². The van der Waals surface area contributed by atoms with Crippen LogP contribution in [0.2, 0.25) is 0 Å². The topological polar surface area (TPSA) is 81.0 Å². The highest BCUT2D eigenvalue weighted by atomic mass is 19.1. The van der Waals surface area contributed by atoms with E-state index in [0.29, 0.717) is 23.5 Å². The maximum atomic E-state index is 13.8. The lowest BCUT2D eigenvalue weighted by atomic mass is 9.94. The van der Waals surface area contributed by atoms with Gasteiger partial charge in [-0.25, -0.2) is 4.39 Å². The van der Waals surface area contributed by atoms with Crippen LogP contribution in [-0.4, -0.2) is 43.5 Å². The zero-order valence-corrected chi connectivity index (χ0v) is 21.2. The molecule has 37 heavy (non-hydrogen) atoms. The van der Waals surface area contributed by atoms with Crippen LogP contribution in [0.15, 0.2) is 65.3 Å². The predicted octanol–water partition coefficient (Wildman–Crippen LogP) is 5.31. The van der Waals surface area contributed by atoms with Crippen molar-refractivity contribution in [1.82, 2.24) is 10.2 Å². The molecule has 1 saturated carbocycles. The summed E-state index contributed by atoms with van der Waals surface area (Å²) in [5.41, 5.74) is 1.43. The van der Waals surface area contributed by atoms with Crippen LogP contribution < -0.4 is 14.8 Å². The summed E-state index contributed by atoms with van der Waals surface area (Å²) in [4.78, 5) is 28.9. The quantitative estimate of drug-likeness (QED) is 0.401. The Balaban J connectivity index is 1.67. The van der Waals surface area contributed by atoms with Gasteiger partial charge in [-0.05, 0) is 66.8 Å². The number of hydrogen-bond donors (Lipinski definition) is 1. The molecule has 1 aliphatic carbocycles. The summed E-state index contributed by atoms with van der Waals surface area (Å²) in [5, 5.41) is 3.15. The van der Waals surface area contributed by atoms with Gasteiger partial charge in [0.1, 0.15) is 11.9 Å². The van der Waals surface area contributed by atoms with Gasteiger partial charge in [-0.1, -0.05) is 37.5 Å². The van der Waals surface area contributed by atoms with E-state index in [0.717, 1.165) is 37.7 Å². The van der Waals surface area contributed by atoms with Gasteiger partial charge < -0.3 is 24.1 Å². The number of nitrogens with one attached hydrogen (secondary N) is 1. The summed E-state index contributed by atoms with van der Waals surface area (Å²) in [6.07, 6.45) is 6.94. The second-order valence-corrected chi connectivity index (χ2v) is 9.21. The van der Waals surface area contributed by atoms with E-state index in [1.807, 2.05) is 12.1 Å². The van der Waals surface area contributed by atoms with Crippen molar-refractivity contribution in [3.05, 3.63) is 83.6 Å². The minimum atomic E-state index is -0.958. The molecule has 3 aromatic rings. The van der Waals surface area contributed by atoms with Gasteiger partial charge in [-0.2, -0.15) is 0 Å². The zero-order valence-electron chi connectivity index (χ0n) is 21.2. The molecule has 1 fully saturated rings. The lowest BCUT2D eigenvalue weighted by Gasteiger charge is -2.33. The Kier molecular flexibility index (Phi) is 8.82. The molecule has 4 rings (SSSR count). The number of methoxy groups -OCH3 is 2. The monoisotopic (exact) mass is 508 g/mol. The van der Waals surface area contributed by atoms with Crippen LogP contribution in [0.1, 0.15) is 59.8 Å². The fourth-order valence-corrected chi connectivity index (χ4v) is 4.82. The third-order valence-corrected chi connectivity index (χ3v) is 6.78. The summed E-state index contributed by atoms with van der Waals surface area (Å²) >= 11 is 0. The Bertz CT molecular complexity index is 1170. The second-order valence-electron chi connectivity index (χ2n) is 9.21. The standard InChI is InChI=1S/C29H33FN2O5/c1-35-24-15-10-20(19-26(24)36-2)16-17-32(29(34)25-9-6-18-37-25)27(21-11-13-22(30)14-12-21)28(33)31-23-7-4-3-5-8-23/h6,9-15,18-19,23,27H,3-5,7-8,16-17H2,1-2H3,(H,31,33)/t27-/m1/s1. The van der Waals surface area contributed by atoms with E-state index in [9.17, 15) is 14.0 Å². The molecule has 2 amide bonds. The first-order valence-electron chi connectivity index (χ1n) is 12.6. The molecule has 0 bridgehead atoms. The molecule has 1 heterocycles. The van der Waals surface area contributed by atoms with Gasteiger partial charge in [-0.3, -0.25) is 9.59 Å². The van der Waals surface area contributed by atoms with Gasteiger partial charge in [0.15, 0.2) is 17.3 Å². The molecular weight excluding hydrogens is 475 g/mol. The second kappa shape index (κ2) is 12.4. The minimum absolute atomic E-state index is 0.0515. The summed E-state index contributed by atoms with van der Waals surface area (Å²) in [6.45, 7) is 0.217. The highest BCUT2D eigenvalue weighted by Crippen LogP contribution is 2.30. The van der Waals surface area contributed by atoms with E-state index < -0.39 is 17.8 Å². The Hall–Kier alpha value is -3.81. The molecule has 196 valence electrons. The Morgan fingerprint density at radius 3 is 2.41 bits per heavy atom. The van der Waals surface area contributed by atoms with Crippen LogP contribution in [0.5, 0.6) is 11.5 Å². The number of benzene rings is 2. The molecule has 0 spiro atoms. The maximum absolute atomic E-state index is 13.8. The molecule has 1 aromatic heterocycles. The first-order chi connectivity index (χ1) is 18.0. The molecule has 0 saturated heterocycles. The average molecular weight is 509 g/mol. The van der Waals surface area contributed by atoms with Crippen molar-refractivity contribution >= 4 is 11.8 Å². The number of hydrogen-bond acceptors (Lipinski definition) is 5. The molecule has 8 heteroatoms. The largest absolute Gasteiger partial charge is 0.493 e. The smallest absolute Gasteiger partial charge is 0.290 e. The molecule has 2 aromatic carbocycles. The van der Waals surface area contributed by atoms with Crippen LogP contribution in [0, 0.1) is 5.82 Å². The third kappa shape index (κ3) is 6.50. The van der Waals surface area contributed by atoms with Crippen molar-refractivity contribution in [2.75, 3.05) is 20.8 Å². The fraction of sp³-hybridized carbons (Fsp3) is 0.379. The van der Waals surface area contributed by atoms with Crippen molar-refractivity contribution in [2.45, 2.75) is 50.6 Å². The van der Waals surface area contributed by atoms with E-state index in [-0.39, 0.29) is 24.3 Å². The van der Waals surface area contributed by atoms with Crippen molar-refractivity contribution < 1.29 is 27.9 Å². The van der Waals surface area contributed by atoms with Gasteiger partial charge in [0.25, 0.3) is 5.91 Å². The summed E-state index contributed by atoms with van der Waals surface area (Å²) in [5.74, 6) is 0.193. The number of halogens is 1. The molecule has 1 aliphatic rings. The van der Waals surface area contributed by atoms with E-state index in [1.54, 1.807) is 44.6 Å². The summed E-state index contributed by atoms with van der Waals surface area (Å²) < 4.78 is 30.0. The van der Waals surface area contributed by atoms with Crippen LogP contribution in [0.4, 0.5) is 4.39 Å². The Labute approximate surface area is 216 Å². The predicted molar refractivity (Wildman–Crippen MR) is 137 cm³/mol. The van der Waals surface area contributed by atoms with E-state index in [1.165, 1.54) is 23.3 Å². The van der Waals surface area contributed by atoms with Crippen LogP contribution in [0.3, 0.4) is 0 Å². The van der Waals surface area contributed by atoms with Crippen LogP contribution in [0.25, 0.3) is 0 Å². The summed E-state index contributed by atoms with van der Waals surface area (Å²) in [6, 6.07) is 13.6. The number of carbonyl (C=O) groups excluding carboxylic acids is 2. The van der Waals surface area contributed by atoms with Crippen molar-refractivity contribution in [2.24, 2.45) is 0 Å². The highest BCUT2D eigenvalue weighted by molar-refractivity contribution is 5.96. The Morgan fingerprint density at radius 2 is 1.76 bits per heavy atom. The number of ether oxygens (including phenoxy) is 2. The van der Waals surface area contributed by atoms with Crippen molar-refractivity contribution in [3.63, 3.8) is 0 Å². The van der Waals surface area contributed by atoms with E-state index >= 15 is 0 Å². The third-order valence-electron chi connectivity index (χ3n) is 6.78. The highest BCUT2D eigenvalue weighted by Gasteiger charge is 2.34. The summed E-state index contributed by atoms with van der Waals surface area (Å²) in [7, 11) is 3.13. The van der Waals surface area contributed by atoms with Crippen LogP contribution >= 0.6 is 0 Å². The lowest BCUT2D eigenvalue weighted by molar-refractivity contribution is -0.126. The molecule has 1 N–H and O–H groups in total. The first kappa shape index (κ1) is 26.3. The van der Waals surface area contributed by atoms with Gasteiger partial charge in [0.2, 0.25) is 5.91 Å². The van der Waals surface area contributed by atoms with Crippen molar-refractivity contribution in [3.8, 4) is 11.5 Å². The number of amides is 2. The SMILES string of the molecule is COc1ccc(CCN(C(=O)c2ccco2)[C@@H](C(=O)NC2CCCCC2)c2ccc(F)cc2)cc1OC. The number of nitrogens with zero attached hydrogens (tertiary/aromatic N) is 1. The molecule has 1 atom stereocenters. The van der Waals surface area contributed by atoms with Gasteiger partial charge >= 0.3 is 0 Å². The lowest BCUT2D eigenvalue weighted by Crippen LogP contribution is -2.47. The molecule has 0 radical (unpaired) electrons. The molecule has 7 nitrogen and oxygen atoms in total. The van der Waals surface area contributed by atoms with E-state index in [4.69, 9.17) is 13.9 Å². The molecule has 0 unspecified atom stereocenters. The van der Waals surface area contributed by atoms with Gasteiger partial charge in [-0.15, -0.1) is 0 Å². The normalized spacial score (nSPS) is 14.6. The first-order valence-corrected chi connectivity index (χ1v) is 12.6. The Morgan fingerprint density at radius 1 is 1.03 bits per heavy atom. The average Bonchev–Trinajstić information content (AvgIpc) is 3.47. The van der Waals surface area contributed by atoms with Gasteiger partial charge in [0, 0.05) is 12.6 Å². The molecular formula is C29H33FN2O5. The van der Waals surface area contributed by atoms with Gasteiger partial charge in [0.05, 0.1) is 20.5 Å². The van der Waals surface area contributed by atoms with E-state index in [2.05, 4.69) is 5.32 Å². The minimum Gasteiger partial charge on any atom is -0.493 e. The fourth-order valence-electron chi connectivity index (χ4n) is 4.82.